The van der Waals surface area contributed by atoms with Gasteiger partial charge in [0.1, 0.15) is 6.61 Å². The molecule has 0 radical (unpaired) electrons. The molecule has 0 fully saturated rings. The van der Waals surface area contributed by atoms with Crippen LogP contribution in [0.15, 0.2) is 33.6 Å². The predicted octanol–water partition coefficient (Wildman–Crippen LogP) is 1.69. The number of hydrogen-bond acceptors (Lipinski definition) is 6. The lowest BCUT2D eigenvalue weighted by Crippen LogP contribution is -2.19. The highest BCUT2D eigenvalue weighted by Gasteiger charge is 2.14. The topological polar surface area (TPSA) is 100 Å². The zero-order valence-corrected chi connectivity index (χ0v) is 11.1. The molecule has 0 amide bonds. The number of rotatable bonds is 7. The fourth-order valence-electron chi connectivity index (χ4n) is 1.73. The van der Waals surface area contributed by atoms with E-state index < -0.39 is 23.7 Å². The van der Waals surface area contributed by atoms with Gasteiger partial charge in [-0.2, -0.15) is 0 Å². The van der Waals surface area contributed by atoms with Crippen LogP contribution in [0.5, 0.6) is 0 Å². The first-order chi connectivity index (χ1) is 10.5. The first-order valence-electron chi connectivity index (χ1n) is 6.16. The summed E-state index contributed by atoms with van der Waals surface area (Å²) < 4.78 is 34.2. The Morgan fingerprint density at radius 2 is 2.05 bits per heavy atom. The minimum atomic E-state index is -2.59. The molecule has 1 aromatic carbocycles. The Bertz CT molecular complexity index is 696. The van der Waals surface area contributed by atoms with E-state index >= 15 is 0 Å². The molecule has 0 aliphatic heterocycles. The number of benzene rings is 1. The molecule has 0 spiro atoms. The molecule has 0 aliphatic carbocycles. The number of aromatic nitrogens is 2. The van der Waals surface area contributed by atoms with Crippen molar-refractivity contribution < 1.29 is 23.0 Å². The van der Waals surface area contributed by atoms with Gasteiger partial charge in [0.25, 0.3) is 12.1 Å². The van der Waals surface area contributed by atoms with Gasteiger partial charge in [-0.05, 0) is 12.1 Å². The molecular weight excluding hydrogens is 304 g/mol. The summed E-state index contributed by atoms with van der Waals surface area (Å²) >= 11 is 0. The normalized spacial score (nSPS) is 11.0. The molecule has 0 N–H and O–H groups in total. The second-order valence-corrected chi connectivity index (χ2v) is 4.19. The highest BCUT2D eigenvalue weighted by atomic mass is 19.3. The van der Waals surface area contributed by atoms with E-state index in [9.17, 15) is 23.7 Å². The van der Waals surface area contributed by atoms with E-state index in [1.807, 2.05) is 0 Å². The Balaban J connectivity index is 2.14. The van der Waals surface area contributed by atoms with Crippen LogP contribution in [0.2, 0.25) is 0 Å². The largest absolute Gasteiger partial charge is 0.441 e. The summed E-state index contributed by atoms with van der Waals surface area (Å²) in [5.41, 5.74) is 0.312. The van der Waals surface area contributed by atoms with Crippen molar-refractivity contribution >= 4 is 5.69 Å². The number of nitrogens with zero attached hydrogens (tertiary/aromatic N) is 3. The zero-order chi connectivity index (χ0) is 16.1. The molecule has 2 aromatic rings. The SMILES string of the molecule is O=c1onc(-c2ccc([N+](=O)[O-])cc2)n1CCOCC(F)F. The van der Waals surface area contributed by atoms with Crippen LogP contribution in [0.4, 0.5) is 14.5 Å². The van der Waals surface area contributed by atoms with Crippen LogP contribution >= 0.6 is 0 Å². The summed E-state index contributed by atoms with van der Waals surface area (Å²) in [5.74, 6) is -0.630. The molecule has 8 nitrogen and oxygen atoms in total. The van der Waals surface area contributed by atoms with Gasteiger partial charge in [0.15, 0.2) is 5.82 Å². The summed E-state index contributed by atoms with van der Waals surface area (Å²) in [5, 5.41) is 14.2. The molecule has 0 atom stereocenters. The quantitative estimate of drug-likeness (QED) is 0.438. The number of alkyl halides is 2. The standard InChI is InChI=1S/C12H11F2N3O5/c13-10(14)7-21-6-5-16-11(15-22-12(16)18)8-1-3-9(4-2-8)17(19)20/h1-4,10H,5-7H2. The van der Waals surface area contributed by atoms with Crippen molar-refractivity contribution in [3.63, 3.8) is 0 Å². The van der Waals surface area contributed by atoms with Gasteiger partial charge in [-0.1, -0.05) is 5.16 Å². The smallest absolute Gasteiger partial charge is 0.374 e. The van der Waals surface area contributed by atoms with Crippen LogP contribution in [0, 0.1) is 10.1 Å². The number of non-ortho nitro benzene ring substituents is 1. The molecule has 118 valence electrons. The Hall–Kier alpha value is -2.62. The van der Waals surface area contributed by atoms with Gasteiger partial charge >= 0.3 is 5.76 Å². The van der Waals surface area contributed by atoms with Gasteiger partial charge in [-0.15, -0.1) is 0 Å². The van der Waals surface area contributed by atoms with E-state index in [0.717, 1.165) is 4.57 Å². The lowest BCUT2D eigenvalue weighted by atomic mass is 10.2. The minimum Gasteiger partial charge on any atom is -0.374 e. The fraction of sp³-hybridized carbons (Fsp3) is 0.333. The molecule has 0 saturated heterocycles. The molecule has 10 heteroatoms. The Morgan fingerprint density at radius 3 is 2.64 bits per heavy atom. The number of hydrogen-bond donors (Lipinski definition) is 0. The number of nitro benzene ring substituents is 1. The van der Waals surface area contributed by atoms with Crippen molar-refractivity contribution in [2.75, 3.05) is 13.2 Å². The van der Waals surface area contributed by atoms with Crippen molar-refractivity contribution in [2.45, 2.75) is 13.0 Å². The predicted molar refractivity (Wildman–Crippen MR) is 69.7 cm³/mol. The Morgan fingerprint density at radius 1 is 1.36 bits per heavy atom. The number of ether oxygens (including phenoxy) is 1. The maximum atomic E-state index is 11.9. The van der Waals surface area contributed by atoms with Crippen molar-refractivity contribution in [1.82, 2.24) is 9.72 Å². The average molecular weight is 315 g/mol. The molecule has 0 saturated carbocycles. The third-order valence-corrected chi connectivity index (χ3v) is 2.73. The molecule has 22 heavy (non-hydrogen) atoms. The van der Waals surface area contributed by atoms with E-state index in [2.05, 4.69) is 9.68 Å². The second kappa shape index (κ2) is 6.89. The maximum absolute atomic E-state index is 11.9. The van der Waals surface area contributed by atoms with Crippen LogP contribution < -0.4 is 5.76 Å². The van der Waals surface area contributed by atoms with Gasteiger partial charge < -0.3 is 4.74 Å². The summed E-state index contributed by atoms with van der Waals surface area (Å²) in [6.07, 6.45) is -2.59. The minimum absolute atomic E-state index is 0.0264. The van der Waals surface area contributed by atoms with Crippen molar-refractivity contribution in [3.05, 3.63) is 44.9 Å². The van der Waals surface area contributed by atoms with Crippen molar-refractivity contribution in [3.8, 4) is 11.4 Å². The molecule has 0 unspecified atom stereocenters. The summed E-state index contributed by atoms with van der Waals surface area (Å²) in [6.45, 7) is -0.875. The molecule has 0 bridgehead atoms. The van der Waals surface area contributed by atoms with E-state index in [1.165, 1.54) is 24.3 Å². The fourth-order valence-corrected chi connectivity index (χ4v) is 1.73. The van der Waals surface area contributed by atoms with Gasteiger partial charge in [-0.3, -0.25) is 19.2 Å². The monoisotopic (exact) mass is 315 g/mol. The Labute approximate surface area is 122 Å². The van der Waals surface area contributed by atoms with Gasteiger partial charge in [0, 0.05) is 17.7 Å². The summed E-state index contributed by atoms with van der Waals surface area (Å²) in [6, 6.07) is 5.33. The Kier molecular flexibility index (Phi) is 4.94. The van der Waals surface area contributed by atoms with Crippen LogP contribution in [0.1, 0.15) is 0 Å². The first kappa shape index (κ1) is 15.8. The maximum Gasteiger partial charge on any atom is 0.441 e. The third kappa shape index (κ3) is 3.73. The van der Waals surface area contributed by atoms with Crippen LogP contribution in [0.25, 0.3) is 11.4 Å². The number of halogens is 2. The van der Waals surface area contributed by atoms with Crippen LogP contribution in [0.3, 0.4) is 0 Å². The lowest BCUT2D eigenvalue weighted by Gasteiger charge is -2.05. The van der Waals surface area contributed by atoms with E-state index in [0.29, 0.717) is 5.56 Å². The average Bonchev–Trinajstić information content (AvgIpc) is 2.84. The van der Waals surface area contributed by atoms with Crippen LogP contribution in [-0.4, -0.2) is 34.3 Å². The number of nitro groups is 1. The van der Waals surface area contributed by atoms with Gasteiger partial charge in [-0.25, -0.2) is 13.6 Å². The second-order valence-electron chi connectivity index (χ2n) is 4.19. The van der Waals surface area contributed by atoms with Gasteiger partial charge in [0.05, 0.1) is 18.1 Å². The molecule has 2 rings (SSSR count). The van der Waals surface area contributed by atoms with E-state index in [-0.39, 0.29) is 24.7 Å². The molecule has 1 heterocycles. The highest BCUT2D eigenvalue weighted by molar-refractivity contribution is 5.57. The van der Waals surface area contributed by atoms with Crippen LogP contribution in [-0.2, 0) is 11.3 Å². The molecule has 1 aromatic heterocycles. The highest BCUT2D eigenvalue weighted by Crippen LogP contribution is 2.19. The van der Waals surface area contributed by atoms with Crippen molar-refractivity contribution in [2.24, 2.45) is 0 Å². The lowest BCUT2D eigenvalue weighted by molar-refractivity contribution is -0.384. The molecule has 0 aliphatic rings. The zero-order valence-electron chi connectivity index (χ0n) is 11.1. The first-order valence-corrected chi connectivity index (χ1v) is 6.16. The van der Waals surface area contributed by atoms with Gasteiger partial charge in [0.2, 0.25) is 0 Å². The third-order valence-electron chi connectivity index (χ3n) is 2.73. The van der Waals surface area contributed by atoms with Crippen molar-refractivity contribution in [1.29, 1.82) is 0 Å². The van der Waals surface area contributed by atoms with E-state index in [1.54, 1.807) is 0 Å². The summed E-state index contributed by atoms with van der Waals surface area (Å²) in [7, 11) is 0. The molecular formula is C12H11F2N3O5. The van der Waals surface area contributed by atoms with E-state index in [4.69, 9.17) is 4.74 Å². The summed E-state index contributed by atoms with van der Waals surface area (Å²) in [4.78, 5) is 21.6.